The zero-order chi connectivity index (χ0) is 28.0. The van der Waals surface area contributed by atoms with Crippen LogP contribution in [0.4, 0.5) is 4.79 Å². The van der Waals surface area contributed by atoms with Gasteiger partial charge in [0, 0.05) is 25.4 Å². The lowest BCUT2D eigenvalue weighted by Crippen LogP contribution is -2.59. The van der Waals surface area contributed by atoms with Crippen molar-refractivity contribution in [2.75, 3.05) is 13.1 Å². The minimum Gasteiger partial charge on any atom is -0.444 e. The molecule has 11 nitrogen and oxygen atoms in total. The van der Waals surface area contributed by atoms with E-state index in [9.17, 15) is 27.9 Å². The Bertz CT molecular complexity index is 1030. The number of nitrogens with one attached hydrogen (secondary N) is 3. The van der Waals surface area contributed by atoms with E-state index < -0.39 is 62.7 Å². The van der Waals surface area contributed by atoms with Crippen molar-refractivity contribution in [2.24, 2.45) is 11.3 Å². The molecule has 210 valence electrons. The molecule has 0 radical (unpaired) electrons. The van der Waals surface area contributed by atoms with E-state index in [0.29, 0.717) is 19.3 Å². The highest BCUT2D eigenvalue weighted by Gasteiger charge is 2.56. The van der Waals surface area contributed by atoms with Crippen LogP contribution >= 0.6 is 0 Å². The van der Waals surface area contributed by atoms with Gasteiger partial charge < -0.3 is 25.4 Å². The Hall–Kier alpha value is -2.18. The fourth-order valence-corrected chi connectivity index (χ4v) is 6.08. The molecule has 3 amide bonds. The molecule has 12 heteroatoms. The van der Waals surface area contributed by atoms with Crippen molar-refractivity contribution in [1.29, 1.82) is 0 Å². The molecule has 3 aliphatic rings. The van der Waals surface area contributed by atoms with Gasteiger partial charge in [0.05, 0.1) is 16.9 Å². The number of aliphatic hydroxyl groups is 1. The smallest absolute Gasteiger partial charge is 0.408 e. The van der Waals surface area contributed by atoms with E-state index in [1.807, 2.05) is 0 Å². The summed E-state index contributed by atoms with van der Waals surface area (Å²) >= 11 is 0. The van der Waals surface area contributed by atoms with Crippen LogP contribution in [0.3, 0.4) is 0 Å². The number of rotatable bonds is 9. The lowest BCUT2D eigenvalue weighted by atomic mass is 9.85. The Morgan fingerprint density at radius 1 is 1.19 bits per heavy atom. The van der Waals surface area contributed by atoms with Crippen LogP contribution in [0.1, 0.15) is 67.2 Å². The maximum Gasteiger partial charge on any atom is 0.408 e. The number of hydrogen-bond acceptors (Lipinski definition) is 7. The third kappa shape index (κ3) is 7.23. The van der Waals surface area contributed by atoms with Crippen molar-refractivity contribution in [3.63, 3.8) is 0 Å². The number of ether oxygens (including phenoxy) is 1. The summed E-state index contributed by atoms with van der Waals surface area (Å²) < 4.78 is 32.7. The van der Waals surface area contributed by atoms with Crippen molar-refractivity contribution in [1.82, 2.24) is 20.3 Å². The molecule has 0 aromatic carbocycles. The number of likely N-dealkylation sites (tertiary alicyclic amines) is 1. The summed E-state index contributed by atoms with van der Waals surface area (Å²) in [4.78, 5) is 40.9. The van der Waals surface area contributed by atoms with E-state index in [1.54, 1.807) is 47.6 Å². The van der Waals surface area contributed by atoms with Gasteiger partial charge in [-0.15, -0.1) is 6.58 Å². The molecule has 3 fully saturated rings. The van der Waals surface area contributed by atoms with Gasteiger partial charge in [0.25, 0.3) is 0 Å². The zero-order valence-corrected chi connectivity index (χ0v) is 23.5. The quantitative estimate of drug-likeness (QED) is 0.317. The van der Waals surface area contributed by atoms with Gasteiger partial charge in [-0.05, 0) is 45.4 Å². The topological polar surface area (TPSA) is 154 Å². The molecule has 2 saturated carbocycles. The van der Waals surface area contributed by atoms with Crippen molar-refractivity contribution >= 4 is 27.9 Å². The van der Waals surface area contributed by atoms with Gasteiger partial charge >= 0.3 is 6.09 Å². The van der Waals surface area contributed by atoms with Crippen LogP contribution in [-0.4, -0.2) is 84.0 Å². The number of aliphatic hydroxyl groups excluding tert-OH is 1. The van der Waals surface area contributed by atoms with Crippen molar-refractivity contribution in [3.8, 4) is 0 Å². The molecule has 0 aromatic heterocycles. The summed E-state index contributed by atoms with van der Waals surface area (Å²) in [6.45, 7) is 14.3. The third-order valence-electron chi connectivity index (χ3n) is 6.98. The SMILES string of the molecule is C=C[C@@H]1C[C@@]1(CNS(=O)(=O)C1CC1)NC(=O)[C@@H]1C[C@@H](O)CN1C(=O)[C@@H](NC(=O)OC(C)(C)C)C(C)(C)C. The van der Waals surface area contributed by atoms with E-state index in [2.05, 4.69) is 21.9 Å². The van der Waals surface area contributed by atoms with E-state index in [1.165, 1.54) is 4.90 Å². The van der Waals surface area contributed by atoms with Gasteiger partial charge in [0.15, 0.2) is 0 Å². The molecule has 0 unspecified atom stereocenters. The molecule has 1 saturated heterocycles. The Morgan fingerprint density at radius 3 is 2.30 bits per heavy atom. The number of carbonyl (C=O) groups is 3. The number of β-amino-alcohol motifs (C(OH)–C–C–N with tert-alkyl or cyclic N) is 1. The molecule has 3 rings (SSSR count). The first-order valence-corrected chi connectivity index (χ1v) is 14.3. The standard InChI is InChI=1S/C25H42N4O7S/c1-8-15-12-25(15,14-26-37(34,35)17-9-10-17)28-20(31)18-11-16(30)13-29(18)21(32)19(23(2,3)4)27-22(33)36-24(5,6)7/h8,15-19,26,30H,1,9-14H2,2-7H3,(H,27,33)(H,28,31)/t15-,16-,18+,19-,25+/m1/s1. The van der Waals surface area contributed by atoms with E-state index >= 15 is 0 Å². The largest absolute Gasteiger partial charge is 0.444 e. The lowest BCUT2D eigenvalue weighted by molar-refractivity contribution is -0.142. The first-order chi connectivity index (χ1) is 16.9. The van der Waals surface area contributed by atoms with Crippen LogP contribution in [0.25, 0.3) is 0 Å². The molecule has 0 bridgehead atoms. The highest BCUT2D eigenvalue weighted by molar-refractivity contribution is 7.90. The molecule has 37 heavy (non-hydrogen) atoms. The highest BCUT2D eigenvalue weighted by atomic mass is 32.2. The van der Waals surface area contributed by atoms with Crippen LogP contribution in [0.15, 0.2) is 12.7 Å². The first-order valence-electron chi connectivity index (χ1n) is 12.8. The summed E-state index contributed by atoms with van der Waals surface area (Å²) in [5.41, 5.74) is -2.31. The predicted molar refractivity (Wildman–Crippen MR) is 138 cm³/mol. The minimum absolute atomic E-state index is 0.0301. The fourth-order valence-electron chi connectivity index (χ4n) is 4.63. The first kappa shape index (κ1) is 29.4. The second-order valence-electron chi connectivity index (χ2n) is 12.6. The Labute approximate surface area is 219 Å². The number of carbonyl (C=O) groups excluding carboxylic acids is 3. The number of hydrogen-bond donors (Lipinski definition) is 4. The molecule has 4 N–H and O–H groups in total. The monoisotopic (exact) mass is 542 g/mol. The fraction of sp³-hybridized carbons (Fsp3) is 0.800. The predicted octanol–water partition coefficient (Wildman–Crippen LogP) is 1.03. The van der Waals surface area contributed by atoms with Crippen LogP contribution in [0.5, 0.6) is 0 Å². The summed E-state index contributed by atoms with van der Waals surface area (Å²) in [5, 5.41) is 15.6. The van der Waals surface area contributed by atoms with Crippen LogP contribution in [0, 0.1) is 11.3 Å². The summed E-state index contributed by atoms with van der Waals surface area (Å²) in [6, 6.07) is -1.99. The Morgan fingerprint density at radius 2 is 1.81 bits per heavy atom. The lowest BCUT2D eigenvalue weighted by Gasteiger charge is -2.36. The van der Waals surface area contributed by atoms with Gasteiger partial charge in [-0.2, -0.15) is 0 Å². The molecule has 1 aliphatic heterocycles. The maximum atomic E-state index is 13.7. The zero-order valence-electron chi connectivity index (χ0n) is 22.7. The summed E-state index contributed by atoms with van der Waals surface area (Å²) in [5.74, 6) is -1.11. The van der Waals surface area contributed by atoms with E-state index in [4.69, 9.17) is 4.74 Å². The van der Waals surface area contributed by atoms with Crippen molar-refractivity contribution < 1.29 is 32.6 Å². The van der Waals surface area contributed by atoms with E-state index in [-0.39, 0.29) is 30.7 Å². The van der Waals surface area contributed by atoms with Crippen molar-refractivity contribution in [2.45, 2.75) is 102 Å². The molecule has 0 aromatic rings. The number of nitrogens with zero attached hydrogens (tertiary/aromatic N) is 1. The van der Waals surface area contributed by atoms with Crippen LogP contribution in [0.2, 0.25) is 0 Å². The number of alkyl carbamates (subject to hydrolysis) is 1. The van der Waals surface area contributed by atoms with E-state index in [0.717, 1.165) is 0 Å². The summed E-state index contributed by atoms with van der Waals surface area (Å²) in [7, 11) is -3.44. The molecule has 5 atom stereocenters. The van der Waals surface area contributed by atoms with Crippen LogP contribution in [-0.2, 0) is 24.3 Å². The molecule has 2 aliphatic carbocycles. The van der Waals surface area contributed by atoms with Gasteiger partial charge in [0.2, 0.25) is 21.8 Å². The Balaban J connectivity index is 1.74. The van der Waals surface area contributed by atoms with Gasteiger partial charge in [-0.3, -0.25) is 9.59 Å². The van der Waals surface area contributed by atoms with Gasteiger partial charge in [-0.25, -0.2) is 17.9 Å². The minimum atomic E-state index is -3.44. The number of amides is 3. The average molecular weight is 543 g/mol. The third-order valence-corrected chi connectivity index (χ3v) is 8.88. The number of sulfonamides is 1. The van der Waals surface area contributed by atoms with Crippen molar-refractivity contribution in [3.05, 3.63) is 12.7 Å². The molecular weight excluding hydrogens is 500 g/mol. The average Bonchev–Trinajstić information content (AvgIpc) is 3.66. The molecule has 0 spiro atoms. The Kier molecular flexibility index (Phi) is 8.08. The second-order valence-corrected chi connectivity index (χ2v) is 14.6. The van der Waals surface area contributed by atoms with Crippen LogP contribution < -0.4 is 15.4 Å². The summed E-state index contributed by atoms with van der Waals surface area (Å²) in [6.07, 6.45) is 1.81. The molecule has 1 heterocycles. The maximum absolute atomic E-state index is 13.7. The normalized spacial score (nSPS) is 28.8. The molecular formula is C25H42N4O7S. The highest BCUT2D eigenvalue weighted by Crippen LogP contribution is 2.44. The second kappa shape index (κ2) is 10.2. The van der Waals surface area contributed by atoms with Gasteiger partial charge in [-0.1, -0.05) is 26.8 Å². The van der Waals surface area contributed by atoms with Gasteiger partial charge in [0.1, 0.15) is 17.7 Å².